The standard InChI is InChI=1S/C20H29NO/c1-15(2)16(3)21-13-9-10-17(21)14-22-19-12-8-7-11-18(19)20(4,5)6/h7-8,11-12,17H,1,3,9-10,13-14H2,2,4-6H3. The summed E-state index contributed by atoms with van der Waals surface area (Å²) in [6.07, 6.45) is 2.35. The molecule has 0 spiro atoms. The van der Waals surface area contributed by atoms with Gasteiger partial charge in [0, 0.05) is 12.2 Å². The minimum Gasteiger partial charge on any atom is -0.491 e. The van der Waals surface area contributed by atoms with E-state index in [9.17, 15) is 0 Å². The van der Waals surface area contributed by atoms with Gasteiger partial charge in [-0.1, -0.05) is 52.1 Å². The average molecular weight is 299 g/mol. The molecule has 0 aromatic heterocycles. The molecule has 1 fully saturated rings. The Morgan fingerprint density at radius 1 is 1.27 bits per heavy atom. The summed E-state index contributed by atoms with van der Waals surface area (Å²) in [5, 5.41) is 0. The Morgan fingerprint density at radius 2 is 1.95 bits per heavy atom. The van der Waals surface area contributed by atoms with Gasteiger partial charge in [-0.15, -0.1) is 0 Å². The van der Waals surface area contributed by atoms with Crippen LogP contribution < -0.4 is 4.74 Å². The van der Waals surface area contributed by atoms with Crippen molar-refractivity contribution in [3.05, 3.63) is 54.3 Å². The van der Waals surface area contributed by atoms with Crippen LogP contribution in [0.5, 0.6) is 5.75 Å². The van der Waals surface area contributed by atoms with Crippen LogP contribution >= 0.6 is 0 Å². The molecule has 0 saturated carbocycles. The molecule has 1 saturated heterocycles. The first kappa shape index (κ1) is 16.7. The summed E-state index contributed by atoms with van der Waals surface area (Å²) in [6.45, 7) is 18.6. The molecule has 2 heteroatoms. The SMILES string of the molecule is C=C(C)C(=C)N1CCCC1COc1ccccc1C(C)(C)C. The van der Waals surface area contributed by atoms with Gasteiger partial charge in [-0.2, -0.15) is 0 Å². The van der Waals surface area contributed by atoms with Crippen LogP contribution in [0.1, 0.15) is 46.1 Å². The molecule has 1 aliphatic heterocycles. The summed E-state index contributed by atoms with van der Waals surface area (Å²) in [5.74, 6) is 1.00. The molecule has 2 rings (SSSR count). The maximum absolute atomic E-state index is 6.20. The highest BCUT2D eigenvalue weighted by molar-refractivity contribution is 5.38. The van der Waals surface area contributed by atoms with Crippen molar-refractivity contribution in [2.45, 2.75) is 52.0 Å². The van der Waals surface area contributed by atoms with Gasteiger partial charge < -0.3 is 9.64 Å². The molecule has 2 nitrogen and oxygen atoms in total. The average Bonchev–Trinajstić information content (AvgIpc) is 2.91. The fourth-order valence-corrected chi connectivity index (χ4v) is 3.01. The zero-order chi connectivity index (χ0) is 16.3. The number of benzene rings is 1. The minimum atomic E-state index is 0.0905. The fourth-order valence-electron chi connectivity index (χ4n) is 3.01. The Kier molecular flexibility index (Phi) is 5.00. The highest BCUT2D eigenvalue weighted by Gasteiger charge is 2.27. The van der Waals surface area contributed by atoms with E-state index in [2.05, 4.69) is 57.0 Å². The Balaban J connectivity index is 2.07. The molecule has 1 aromatic rings. The number of ether oxygens (including phenoxy) is 1. The lowest BCUT2D eigenvalue weighted by atomic mass is 9.86. The van der Waals surface area contributed by atoms with Gasteiger partial charge in [0.25, 0.3) is 0 Å². The molecule has 0 amide bonds. The largest absolute Gasteiger partial charge is 0.491 e. The van der Waals surface area contributed by atoms with E-state index in [1.165, 1.54) is 12.0 Å². The Hall–Kier alpha value is -1.70. The van der Waals surface area contributed by atoms with Gasteiger partial charge in [0.1, 0.15) is 12.4 Å². The third kappa shape index (κ3) is 3.73. The van der Waals surface area contributed by atoms with E-state index in [1.54, 1.807) is 0 Å². The summed E-state index contributed by atoms with van der Waals surface area (Å²) < 4.78 is 6.20. The van der Waals surface area contributed by atoms with Gasteiger partial charge in [-0.05, 0) is 42.4 Å². The molecule has 0 aliphatic carbocycles. The van der Waals surface area contributed by atoms with Crippen molar-refractivity contribution in [2.75, 3.05) is 13.2 Å². The summed E-state index contributed by atoms with van der Waals surface area (Å²) in [7, 11) is 0. The summed E-state index contributed by atoms with van der Waals surface area (Å²) in [4.78, 5) is 2.35. The second kappa shape index (κ2) is 6.60. The van der Waals surface area contributed by atoms with Gasteiger partial charge in [0.2, 0.25) is 0 Å². The van der Waals surface area contributed by atoms with E-state index < -0.39 is 0 Å². The maximum Gasteiger partial charge on any atom is 0.123 e. The summed E-state index contributed by atoms with van der Waals surface area (Å²) >= 11 is 0. The van der Waals surface area contributed by atoms with E-state index in [1.807, 2.05) is 13.0 Å². The van der Waals surface area contributed by atoms with Crippen molar-refractivity contribution in [2.24, 2.45) is 0 Å². The molecule has 22 heavy (non-hydrogen) atoms. The number of hydrogen-bond donors (Lipinski definition) is 0. The third-order valence-corrected chi connectivity index (χ3v) is 4.34. The molecular weight excluding hydrogens is 270 g/mol. The van der Waals surface area contributed by atoms with Crippen LogP contribution in [0.15, 0.2) is 48.7 Å². The van der Waals surface area contributed by atoms with Crippen LogP contribution in [0.4, 0.5) is 0 Å². The lowest BCUT2D eigenvalue weighted by Gasteiger charge is -2.30. The maximum atomic E-state index is 6.20. The molecular formula is C20H29NO. The number of allylic oxidation sites excluding steroid dienone is 1. The van der Waals surface area contributed by atoms with Crippen LogP contribution in [0, 0.1) is 0 Å². The lowest BCUT2D eigenvalue weighted by molar-refractivity contribution is 0.203. The molecule has 120 valence electrons. The first-order valence-electron chi connectivity index (χ1n) is 8.14. The first-order chi connectivity index (χ1) is 10.3. The van der Waals surface area contributed by atoms with Crippen LogP contribution in [0.25, 0.3) is 0 Å². The Labute approximate surface area is 135 Å². The van der Waals surface area contributed by atoms with Crippen molar-refractivity contribution >= 4 is 0 Å². The van der Waals surface area contributed by atoms with E-state index in [0.717, 1.165) is 30.0 Å². The number of hydrogen-bond acceptors (Lipinski definition) is 2. The normalized spacial score (nSPS) is 18.4. The third-order valence-electron chi connectivity index (χ3n) is 4.34. The van der Waals surface area contributed by atoms with Crippen LogP contribution in [0.2, 0.25) is 0 Å². The van der Waals surface area contributed by atoms with Gasteiger partial charge in [-0.25, -0.2) is 0 Å². The predicted molar refractivity (Wildman–Crippen MR) is 94.3 cm³/mol. The molecule has 1 heterocycles. The first-order valence-corrected chi connectivity index (χ1v) is 8.14. The van der Waals surface area contributed by atoms with Crippen LogP contribution in [0.3, 0.4) is 0 Å². The number of para-hydroxylation sites is 1. The Morgan fingerprint density at radius 3 is 2.59 bits per heavy atom. The number of nitrogens with zero attached hydrogens (tertiary/aromatic N) is 1. The van der Waals surface area contributed by atoms with E-state index >= 15 is 0 Å². The van der Waals surface area contributed by atoms with Gasteiger partial charge in [0.05, 0.1) is 6.04 Å². The second-order valence-corrected chi connectivity index (χ2v) is 7.27. The van der Waals surface area contributed by atoms with E-state index in [0.29, 0.717) is 12.6 Å². The Bertz CT molecular complexity index is 553. The molecule has 1 aromatic carbocycles. The topological polar surface area (TPSA) is 12.5 Å². The molecule has 1 unspecified atom stereocenters. The molecule has 1 aliphatic rings. The zero-order valence-electron chi connectivity index (χ0n) is 14.5. The van der Waals surface area contributed by atoms with Crippen LogP contribution in [-0.4, -0.2) is 24.1 Å². The summed E-state index contributed by atoms with van der Waals surface area (Å²) in [6, 6.07) is 8.77. The van der Waals surface area contributed by atoms with Crippen LogP contribution in [-0.2, 0) is 5.41 Å². The van der Waals surface area contributed by atoms with Crippen molar-refractivity contribution < 1.29 is 4.74 Å². The van der Waals surface area contributed by atoms with Crippen molar-refractivity contribution in [1.29, 1.82) is 0 Å². The second-order valence-electron chi connectivity index (χ2n) is 7.27. The minimum absolute atomic E-state index is 0.0905. The molecule has 0 radical (unpaired) electrons. The van der Waals surface area contributed by atoms with E-state index in [-0.39, 0.29) is 5.41 Å². The van der Waals surface area contributed by atoms with Crippen molar-refractivity contribution in [3.63, 3.8) is 0 Å². The zero-order valence-corrected chi connectivity index (χ0v) is 14.5. The number of likely N-dealkylation sites (tertiary alicyclic amines) is 1. The van der Waals surface area contributed by atoms with Gasteiger partial charge >= 0.3 is 0 Å². The molecule has 1 atom stereocenters. The van der Waals surface area contributed by atoms with Crippen molar-refractivity contribution in [1.82, 2.24) is 4.90 Å². The predicted octanol–water partition coefficient (Wildman–Crippen LogP) is 4.92. The highest BCUT2D eigenvalue weighted by atomic mass is 16.5. The fraction of sp³-hybridized carbons (Fsp3) is 0.500. The highest BCUT2D eigenvalue weighted by Crippen LogP contribution is 2.32. The monoisotopic (exact) mass is 299 g/mol. The van der Waals surface area contributed by atoms with Crippen molar-refractivity contribution in [3.8, 4) is 5.75 Å². The molecule has 0 N–H and O–H groups in total. The summed E-state index contributed by atoms with van der Waals surface area (Å²) in [5.41, 5.74) is 3.45. The molecule has 0 bridgehead atoms. The lowest BCUT2D eigenvalue weighted by Crippen LogP contribution is -2.33. The van der Waals surface area contributed by atoms with E-state index in [4.69, 9.17) is 4.74 Å². The quantitative estimate of drug-likeness (QED) is 0.716. The van der Waals surface area contributed by atoms with Gasteiger partial charge in [0.15, 0.2) is 0 Å². The van der Waals surface area contributed by atoms with Gasteiger partial charge in [-0.3, -0.25) is 0 Å². The number of rotatable bonds is 5. The smallest absolute Gasteiger partial charge is 0.123 e.